The van der Waals surface area contributed by atoms with Crippen LogP contribution >= 0.6 is 0 Å². The number of methoxy groups -OCH3 is 1. The van der Waals surface area contributed by atoms with Gasteiger partial charge in [-0.25, -0.2) is 4.39 Å². The first-order valence-electron chi connectivity index (χ1n) is 13.2. The van der Waals surface area contributed by atoms with E-state index in [1.807, 2.05) is 4.90 Å². The maximum absolute atomic E-state index is 15.3. The number of rotatable bonds is 6. The molecule has 4 aliphatic rings. The highest BCUT2D eigenvalue weighted by Crippen LogP contribution is 2.51. The fraction of sp³-hybridized carbons (Fsp3) is 0.630. The van der Waals surface area contributed by atoms with Crippen LogP contribution in [0.25, 0.3) is 0 Å². The van der Waals surface area contributed by atoms with Crippen molar-refractivity contribution < 1.29 is 18.7 Å². The number of ether oxygens (including phenoxy) is 1. The summed E-state index contributed by atoms with van der Waals surface area (Å²) >= 11 is 0. The lowest BCUT2D eigenvalue weighted by atomic mass is 9.88. The summed E-state index contributed by atoms with van der Waals surface area (Å²) in [6.45, 7) is 0.518. The van der Waals surface area contributed by atoms with E-state index >= 15 is 4.39 Å². The van der Waals surface area contributed by atoms with Crippen molar-refractivity contribution in [3.63, 3.8) is 0 Å². The van der Waals surface area contributed by atoms with Gasteiger partial charge in [-0.2, -0.15) is 0 Å². The quantitative estimate of drug-likeness (QED) is 0.343. The SMILES string of the molecule is COc1cc(C(=O)NC2CC(F)C(C3CCC(N4CC5(CC5)C(=O)N(C)C(C=N)C4=N)C3)C2)ccc1N. The Morgan fingerprint density at radius 3 is 2.70 bits per heavy atom. The molecule has 1 heterocycles. The molecular weight excluding hydrogens is 475 g/mol. The third-order valence-corrected chi connectivity index (χ3v) is 9.12. The molecule has 1 aliphatic heterocycles. The Morgan fingerprint density at radius 2 is 2.03 bits per heavy atom. The van der Waals surface area contributed by atoms with Gasteiger partial charge in [-0.1, -0.05) is 0 Å². The predicted octanol–water partition coefficient (Wildman–Crippen LogP) is 2.84. The third kappa shape index (κ3) is 4.55. The second-order valence-electron chi connectivity index (χ2n) is 11.3. The Balaban J connectivity index is 1.23. The number of nitrogens with two attached hydrogens (primary N) is 1. The lowest BCUT2D eigenvalue weighted by Gasteiger charge is -2.34. The number of nitrogen functional groups attached to an aromatic ring is 1. The zero-order valence-electron chi connectivity index (χ0n) is 21.5. The Morgan fingerprint density at radius 1 is 1.27 bits per heavy atom. The molecule has 2 amide bonds. The number of benzene rings is 1. The summed E-state index contributed by atoms with van der Waals surface area (Å²) in [6.07, 6.45) is 5.17. The summed E-state index contributed by atoms with van der Waals surface area (Å²) in [4.78, 5) is 29.4. The highest BCUT2D eigenvalue weighted by atomic mass is 19.1. The second-order valence-corrected chi connectivity index (χ2v) is 11.3. The first kappa shape index (κ1) is 25.5. The second kappa shape index (κ2) is 9.61. The van der Waals surface area contributed by atoms with Crippen LogP contribution in [0.2, 0.25) is 0 Å². The summed E-state index contributed by atoms with van der Waals surface area (Å²) in [6, 6.07) is 4.04. The molecule has 10 heteroatoms. The number of hydrogen-bond acceptors (Lipinski definition) is 6. The van der Waals surface area contributed by atoms with E-state index in [0.29, 0.717) is 42.2 Å². The summed E-state index contributed by atoms with van der Waals surface area (Å²) in [7, 11) is 3.19. The van der Waals surface area contributed by atoms with Gasteiger partial charge in [0.1, 0.15) is 23.8 Å². The van der Waals surface area contributed by atoms with Gasteiger partial charge in [-0.3, -0.25) is 15.0 Å². The molecule has 1 aromatic rings. The lowest BCUT2D eigenvalue weighted by molar-refractivity contribution is -0.135. The van der Waals surface area contributed by atoms with Crippen molar-refractivity contribution in [3.05, 3.63) is 23.8 Å². The maximum atomic E-state index is 15.3. The molecule has 5 N–H and O–H groups in total. The van der Waals surface area contributed by atoms with Gasteiger partial charge in [0.15, 0.2) is 0 Å². The molecule has 0 aromatic heterocycles. The molecule has 1 aromatic carbocycles. The molecule has 0 radical (unpaired) electrons. The number of amidine groups is 1. The maximum Gasteiger partial charge on any atom is 0.251 e. The van der Waals surface area contributed by atoms with Crippen molar-refractivity contribution in [1.29, 1.82) is 10.8 Å². The number of anilines is 1. The molecule has 5 rings (SSSR count). The first-order valence-corrected chi connectivity index (χ1v) is 13.2. The van der Waals surface area contributed by atoms with Crippen LogP contribution in [0, 0.1) is 28.1 Å². The van der Waals surface area contributed by atoms with Crippen LogP contribution in [-0.4, -0.2) is 78.7 Å². The molecule has 200 valence electrons. The molecule has 1 saturated heterocycles. The topological polar surface area (TPSA) is 136 Å². The van der Waals surface area contributed by atoms with E-state index < -0.39 is 17.6 Å². The summed E-state index contributed by atoms with van der Waals surface area (Å²) in [5.41, 5.74) is 6.29. The number of likely N-dealkylation sites (N-methyl/N-ethyl adjacent to an activating group) is 1. The van der Waals surface area contributed by atoms with Crippen molar-refractivity contribution >= 4 is 29.6 Å². The molecular formula is C27H37FN6O3. The molecule has 37 heavy (non-hydrogen) atoms. The molecule has 6 atom stereocenters. The van der Waals surface area contributed by atoms with Crippen molar-refractivity contribution in [1.82, 2.24) is 15.1 Å². The van der Waals surface area contributed by atoms with Crippen molar-refractivity contribution in [2.45, 2.75) is 69.2 Å². The van der Waals surface area contributed by atoms with Crippen LogP contribution in [-0.2, 0) is 4.79 Å². The molecule has 9 nitrogen and oxygen atoms in total. The fourth-order valence-corrected chi connectivity index (χ4v) is 6.78. The smallest absolute Gasteiger partial charge is 0.251 e. The van der Waals surface area contributed by atoms with Crippen molar-refractivity contribution in [2.24, 2.45) is 17.3 Å². The normalized spacial score (nSPS) is 32.9. The van der Waals surface area contributed by atoms with E-state index in [-0.39, 0.29) is 35.7 Å². The highest BCUT2D eigenvalue weighted by Gasteiger charge is 2.57. The van der Waals surface area contributed by atoms with Gasteiger partial charge in [-0.05, 0) is 75.0 Å². The van der Waals surface area contributed by atoms with E-state index in [1.165, 1.54) is 13.3 Å². The van der Waals surface area contributed by atoms with Gasteiger partial charge < -0.3 is 31.0 Å². The number of alkyl halides is 1. The number of nitrogens with zero attached hydrogens (tertiary/aromatic N) is 2. The number of halogens is 1. The van der Waals surface area contributed by atoms with E-state index in [4.69, 9.17) is 21.3 Å². The summed E-state index contributed by atoms with van der Waals surface area (Å²) in [5.74, 6) is 0.515. The van der Waals surface area contributed by atoms with Crippen LogP contribution < -0.4 is 15.8 Å². The number of nitrogens with one attached hydrogen (secondary N) is 3. The van der Waals surface area contributed by atoms with Crippen LogP contribution in [0.4, 0.5) is 10.1 Å². The predicted molar refractivity (Wildman–Crippen MR) is 139 cm³/mol. The van der Waals surface area contributed by atoms with Gasteiger partial charge in [0.25, 0.3) is 5.91 Å². The molecule has 3 aliphatic carbocycles. The zero-order valence-corrected chi connectivity index (χ0v) is 21.5. The number of amides is 2. The third-order valence-electron chi connectivity index (χ3n) is 9.12. The summed E-state index contributed by atoms with van der Waals surface area (Å²) in [5, 5.41) is 19.7. The minimum Gasteiger partial charge on any atom is -0.495 e. The van der Waals surface area contributed by atoms with Crippen LogP contribution in [0.1, 0.15) is 55.3 Å². The van der Waals surface area contributed by atoms with Gasteiger partial charge in [0, 0.05) is 37.5 Å². The average molecular weight is 513 g/mol. The van der Waals surface area contributed by atoms with Crippen LogP contribution in [0.3, 0.4) is 0 Å². The standard InChI is InChI=1S/C27H37FN6O3/c1-33-22(13-29)24(31)34(14-27(7-8-27)26(33)36)18-5-3-15(9-18)19-11-17(12-20(19)28)32-25(35)16-4-6-21(30)23(10-16)37-2/h4,6,10,13,15,17-20,22,29,31H,3,5,7-9,11-12,14,30H2,1-2H3,(H,32,35). The van der Waals surface area contributed by atoms with Crippen LogP contribution in [0.15, 0.2) is 18.2 Å². The molecule has 6 unspecified atom stereocenters. The molecule has 4 fully saturated rings. The average Bonchev–Trinajstić information content (AvgIpc) is 3.37. The van der Waals surface area contributed by atoms with Crippen LogP contribution in [0.5, 0.6) is 5.75 Å². The van der Waals surface area contributed by atoms with E-state index in [1.54, 1.807) is 30.1 Å². The zero-order chi connectivity index (χ0) is 26.5. The molecule has 1 spiro atoms. The first-order chi connectivity index (χ1) is 17.7. The number of carbonyl (C=O) groups is 2. The Bertz CT molecular complexity index is 1110. The Kier molecular flexibility index (Phi) is 6.62. The number of hydrogen-bond donors (Lipinski definition) is 4. The molecule has 3 saturated carbocycles. The highest BCUT2D eigenvalue weighted by molar-refractivity contribution is 6.04. The minimum absolute atomic E-state index is 0.0275. The van der Waals surface area contributed by atoms with E-state index in [9.17, 15) is 9.59 Å². The van der Waals surface area contributed by atoms with Crippen molar-refractivity contribution in [3.8, 4) is 5.75 Å². The van der Waals surface area contributed by atoms with Crippen molar-refractivity contribution in [2.75, 3.05) is 26.4 Å². The molecule has 0 bridgehead atoms. The van der Waals surface area contributed by atoms with Gasteiger partial charge >= 0.3 is 0 Å². The number of carbonyl (C=O) groups excluding carboxylic acids is 2. The largest absolute Gasteiger partial charge is 0.495 e. The Labute approximate surface area is 216 Å². The lowest BCUT2D eigenvalue weighted by Crippen LogP contribution is -2.48. The van der Waals surface area contributed by atoms with E-state index in [0.717, 1.165) is 32.1 Å². The monoisotopic (exact) mass is 512 g/mol. The van der Waals surface area contributed by atoms with Gasteiger partial charge in [0.05, 0.1) is 18.2 Å². The minimum atomic E-state index is -0.990. The van der Waals surface area contributed by atoms with E-state index in [2.05, 4.69) is 5.32 Å². The summed E-state index contributed by atoms with van der Waals surface area (Å²) < 4.78 is 20.5. The van der Waals surface area contributed by atoms with Gasteiger partial charge in [-0.15, -0.1) is 0 Å². The van der Waals surface area contributed by atoms with Gasteiger partial charge in [0.2, 0.25) is 5.91 Å². The Hall–Kier alpha value is -3.17. The fourth-order valence-electron chi connectivity index (χ4n) is 6.78.